The fourth-order valence-corrected chi connectivity index (χ4v) is 2.55. The summed E-state index contributed by atoms with van der Waals surface area (Å²) in [7, 11) is 0. The Kier molecular flexibility index (Phi) is 3.20. The van der Waals surface area contributed by atoms with Crippen LogP contribution >= 0.6 is 0 Å². The number of benzene rings is 1. The molecule has 0 heterocycles. The molecular formula is C15H20O3. The summed E-state index contributed by atoms with van der Waals surface area (Å²) in [6, 6.07) is 5.55. The van der Waals surface area contributed by atoms with E-state index in [1.54, 1.807) is 6.07 Å². The fourth-order valence-electron chi connectivity index (χ4n) is 2.55. The lowest BCUT2D eigenvalue weighted by molar-refractivity contribution is -0.157. The fraction of sp³-hybridized carbons (Fsp3) is 0.533. The van der Waals surface area contributed by atoms with E-state index in [1.807, 2.05) is 12.1 Å². The Bertz CT molecular complexity index is 475. The topological polar surface area (TPSA) is 57.5 Å². The molecule has 0 saturated heterocycles. The molecule has 0 fully saturated rings. The van der Waals surface area contributed by atoms with Gasteiger partial charge in [-0.3, -0.25) is 0 Å². The van der Waals surface area contributed by atoms with Crippen LogP contribution in [0, 0.1) is 11.8 Å². The lowest BCUT2D eigenvalue weighted by Gasteiger charge is -2.19. The van der Waals surface area contributed by atoms with E-state index < -0.39 is 11.6 Å². The molecule has 3 heteroatoms. The first-order valence-electron chi connectivity index (χ1n) is 6.40. The number of hydrogen-bond acceptors (Lipinski definition) is 2. The Labute approximate surface area is 107 Å². The monoisotopic (exact) mass is 248 g/mol. The predicted molar refractivity (Wildman–Crippen MR) is 69.4 cm³/mol. The molecule has 0 aromatic heterocycles. The SMILES string of the molecule is CC(C)[C@H]1Cc2ccc([C@@](C)(O)C(=O)O)cc2C1. The summed E-state index contributed by atoms with van der Waals surface area (Å²) in [5, 5.41) is 19.0. The molecule has 18 heavy (non-hydrogen) atoms. The molecule has 3 nitrogen and oxygen atoms in total. The van der Waals surface area contributed by atoms with Crippen molar-refractivity contribution >= 4 is 5.97 Å². The highest BCUT2D eigenvalue weighted by Gasteiger charge is 2.34. The lowest BCUT2D eigenvalue weighted by atomic mass is 9.92. The third-order valence-corrected chi connectivity index (χ3v) is 4.09. The van der Waals surface area contributed by atoms with Gasteiger partial charge in [0, 0.05) is 0 Å². The highest BCUT2D eigenvalue weighted by molar-refractivity contribution is 5.78. The van der Waals surface area contributed by atoms with Gasteiger partial charge in [-0.1, -0.05) is 32.0 Å². The summed E-state index contributed by atoms with van der Waals surface area (Å²) in [5.74, 6) is 0.0479. The number of carbonyl (C=O) groups is 1. The minimum absolute atomic E-state index is 0.471. The van der Waals surface area contributed by atoms with Crippen LogP contribution in [0.5, 0.6) is 0 Å². The van der Waals surface area contributed by atoms with Crippen molar-refractivity contribution < 1.29 is 15.0 Å². The molecule has 1 aliphatic rings. The van der Waals surface area contributed by atoms with E-state index in [4.69, 9.17) is 5.11 Å². The summed E-state index contributed by atoms with van der Waals surface area (Å²) >= 11 is 0. The summed E-state index contributed by atoms with van der Waals surface area (Å²) < 4.78 is 0. The molecule has 2 rings (SSSR count). The first kappa shape index (κ1) is 13.1. The van der Waals surface area contributed by atoms with Crippen LogP contribution in [0.25, 0.3) is 0 Å². The number of rotatable bonds is 3. The Morgan fingerprint density at radius 3 is 2.50 bits per heavy atom. The standard InChI is InChI=1S/C15H20O3/c1-9(2)11-6-10-4-5-13(8-12(10)7-11)15(3,18)14(16)17/h4-5,8-9,11,18H,6-7H2,1-3H3,(H,16,17)/t11-,15+/m0/s1. The second kappa shape index (κ2) is 4.39. The van der Waals surface area contributed by atoms with Crippen LogP contribution in [0.3, 0.4) is 0 Å². The highest BCUT2D eigenvalue weighted by Crippen LogP contribution is 2.34. The third kappa shape index (κ3) is 2.15. The molecule has 0 amide bonds. The molecule has 0 spiro atoms. The lowest BCUT2D eigenvalue weighted by Crippen LogP contribution is -2.31. The summed E-state index contributed by atoms with van der Waals surface area (Å²) in [6.45, 7) is 5.75. The summed E-state index contributed by atoms with van der Waals surface area (Å²) in [4.78, 5) is 11.0. The van der Waals surface area contributed by atoms with Crippen molar-refractivity contribution in [2.45, 2.75) is 39.2 Å². The molecule has 2 atom stereocenters. The van der Waals surface area contributed by atoms with E-state index >= 15 is 0 Å². The zero-order chi connectivity index (χ0) is 13.5. The maximum Gasteiger partial charge on any atom is 0.340 e. The first-order chi connectivity index (χ1) is 8.32. The van der Waals surface area contributed by atoms with Crippen LogP contribution < -0.4 is 0 Å². The van der Waals surface area contributed by atoms with Gasteiger partial charge in [-0.15, -0.1) is 0 Å². The first-order valence-corrected chi connectivity index (χ1v) is 6.40. The van der Waals surface area contributed by atoms with Gasteiger partial charge >= 0.3 is 5.97 Å². The van der Waals surface area contributed by atoms with Crippen LogP contribution in [0.2, 0.25) is 0 Å². The Morgan fingerprint density at radius 2 is 1.94 bits per heavy atom. The number of fused-ring (bicyclic) bond motifs is 1. The normalized spacial score (nSPS) is 21.7. The molecular weight excluding hydrogens is 228 g/mol. The van der Waals surface area contributed by atoms with Crippen molar-refractivity contribution in [3.8, 4) is 0 Å². The van der Waals surface area contributed by atoms with E-state index in [1.165, 1.54) is 18.1 Å². The van der Waals surface area contributed by atoms with Gasteiger partial charge in [-0.25, -0.2) is 4.79 Å². The number of carboxylic acids is 1. The average Bonchev–Trinajstić information content (AvgIpc) is 2.71. The van der Waals surface area contributed by atoms with Crippen LogP contribution in [-0.2, 0) is 23.2 Å². The van der Waals surface area contributed by atoms with Crippen LogP contribution in [0.15, 0.2) is 18.2 Å². The number of aliphatic hydroxyl groups is 1. The molecule has 0 unspecified atom stereocenters. The smallest absolute Gasteiger partial charge is 0.340 e. The van der Waals surface area contributed by atoms with Crippen LogP contribution in [-0.4, -0.2) is 16.2 Å². The second-order valence-corrected chi connectivity index (χ2v) is 5.77. The molecule has 0 saturated carbocycles. The number of hydrogen-bond donors (Lipinski definition) is 2. The zero-order valence-corrected chi connectivity index (χ0v) is 11.1. The predicted octanol–water partition coefficient (Wildman–Crippen LogP) is 2.35. The van der Waals surface area contributed by atoms with E-state index in [2.05, 4.69) is 13.8 Å². The van der Waals surface area contributed by atoms with Gasteiger partial charge in [0.05, 0.1) is 0 Å². The maximum atomic E-state index is 11.0. The quantitative estimate of drug-likeness (QED) is 0.863. The average molecular weight is 248 g/mol. The molecule has 1 aromatic carbocycles. The van der Waals surface area contributed by atoms with Gasteiger partial charge in [-0.2, -0.15) is 0 Å². The Morgan fingerprint density at radius 1 is 1.33 bits per heavy atom. The second-order valence-electron chi connectivity index (χ2n) is 5.77. The van der Waals surface area contributed by atoms with Gasteiger partial charge in [0.25, 0.3) is 0 Å². The third-order valence-electron chi connectivity index (χ3n) is 4.09. The molecule has 2 N–H and O–H groups in total. The Hall–Kier alpha value is -1.35. The number of aliphatic carboxylic acids is 1. The van der Waals surface area contributed by atoms with Crippen molar-refractivity contribution in [1.82, 2.24) is 0 Å². The van der Waals surface area contributed by atoms with E-state index in [-0.39, 0.29) is 0 Å². The van der Waals surface area contributed by atoms with Gasteiger partial charge in [0.15, 0.2) is 5.60 Å². The summed E-state index contributed by atoms with van der Waals surface area (Å²) in [6.07, 6.45) is 2.04. The molecule has 98 valence electrons. The number of carboxylic acid groups (broad SMARTS) is 1. The molecule has 0 bridgehead atoms. The highest BCUT2D eigenvalue weighted by atomic mass is 16.4. The molecule has 0 aliphatic heterocycles. The zero-order valence-electron chi connectivity index (χ0n) is 11.1. The Balaban J connectivity index is 2.32. The molecule has 1 aromatic rings. The van der Waals surface area contributed by atoms with Gasteiger partial charge in [-0.05, 0) is 48.3 Å². The van der Waals surface area contributed by atoms with Crippen molar-refractivity contribution in [2.75, 3.05) is 0 Å². The summed E-state index contributed by atoms with van der Waals surface area (Å²) in [5.41, 5.74) is 1.15. The van der Waals surface area contributed by atoms with E-state index in [0.29, 0.717) is 17.4 Å². The minimum atomic E-state index is -1.80. The van der Waals surface area contributed by atoms with Crippen molar-refractivity contribution in [3.63, 3.8) is 0 Å². The van der Waals surface area contributed by atoms with Gasteiger partial charge < -0.3 is 10.2 Å². The van der Waals surface area contributed by atoms with Crippen molar-refractivity contribution in [3.05, 3.63) is 34.9 Å². The largest absolute Gasteiger partial charge is 0.479 e. The molecule has 0 radical (unpaired) electrons. The van der Waals surface area contributed by atoms with Gasteiger partial charge in [0.1, 0.15) is 0 Å². The van der Waals surface area contributed by atoms with Crippen LogP contribution in [0.4, 0.5) is 0 Å². The maximum absolute atomic E-state index is 11.0. The van der Waals surface area contributed by atoms with E-state index in [9.17, 15) is 9.90 Å². The van der Waals surface area contributed by atoms with Gasteiger partial charge in [0.2, 0.25) is 0 Å². The van der Waals surface area contributed by atoms with Crippen LogP contribution in [0.1, 0.15) is 37.5 Å². The minimum Gasteiger partial charge on any atom is -0.479 e. The van der Waals surface area contributed by atoms with Crippen molar-refractivity contribution in [1.29, 1.82) is 0 Å². The molecule has 1 aliphatic carbocycles. The van der Waals surface area contributed by atoms with Crippen molar-refractivity contribution in [2.24, 2.45) is 11.8 Å². The van der Waals surface area contributed by atoms with E-state index in [0.717, 1.165) is 12.8 Å².